The van der Waals surface area contributed by atoms with E-state index in [-0.39, 0.29) is 5.88 Å². The number of nitrogens with one attached hydrogen (secondary N) is 1. The van der Waals surface area contributed by atoms with E-state index in [0.29, 0.717) is 12.3 Å². The Kier molecular flexibility index (Phi) is 3.88. The zero-order valence-corrected chi connectivity index (χ0v) is 10.6. The molecule has 0 bridgehead atoms. The molecule has 2 rings (SSSR count). The van der Waals surface area contributed by atoms with Crippen LogP contribution in [0.1, 0.15) is 5.76 Å². The molecule has 94 valence electrons. The third-order valence-electron chi connectivity index (χ3n) is 2.36. The molecule has 18 heavy (non-hydrogen) atoms. The molecule has 1 heterocycles. The molecule has 0 amide bonds. The maximum Gasteiger partial charge on any atom is 0.433 e. The van der Waals surface area contributed by atoms with Crippen LogP contribution in [0.4, 0.5) is 11.6 Å². The van der Waals surface area contributed by atoms with Crippen molar-refractivity contribution in [1.29, 1.82) is 0 Å². The zero-order chi connectivity index (χ0) is 13.0. The number of furan rings is 1. The summed E-state index contributed by atoms with van der Waals surface area (Å²) in [5.74, 6) is 0.306. The number of rotatable bonds is 5. The molecule has 0 aliphatic carbocycles. The van der Waals surface area contributed by atoms with E-state index in [1.165, 1.54) is 6.07 Å². The van der Waals surface area contributed by atoms with Crippen molar-refractivity contribution in [3.8, 4) is 0 Å². The van der Waals surface area contributed by atoms with Crippen molar-refractivity contribution in [1.82, 2.24) is 0 Å². The Morgan fingerprint density at radius 1 is 1.39 bits per heavy atom. The van der Waals surface area contributed by atoms with E-state index in [2.05, 4.69) is 5.32 Å². The van der Waals surface area contributed by atoms with Crippen LogP contribution in [0.25, 0.3) is 0 Å². The molecule has 1 aromatic heterocycles. The van der Waals surface area contributed by atoms with E-state index in [9.17, 15) is 10.1 Å². The van der Waals surface area contributed by atoms with E-state index in [1.807, 2.05) is 30.5 Å². The minimum atomic E-state index is -0.544. The van der Waals surface area contributed by atoms with Crippen LogP contribution in [-0.4, -0.2) is 11.2 Å². The van der Waals surface area contributed by atoms with Gasteiger partial charge >= 0.3 is 5.88 Å². The Hall–Kier alpha value is -1.95. The van der Waals surface area contributed by atoms with E-state index in [1.54, 1.807) is 17.8 Å². The zero-order valence-electron chi connectivity index (χ0n) is 9.75. The number of nitro groups is 1. The van der Waals surface area contributed by atoms with Gasteiger partial charge in [-0.3, -0.25) is 10.1 Å². The molecular weight excluding hydrogens is 252 g/mol. The van der Waals surface area contributed by atoms with E-state index in [0.717, 1.165) is 10.6 Å². The predicted molar refractivity (Wildman–Crippen MR) is 70.9 cm³/mol. The molecule has 0 saturated carbocycles. The molecule has 1 aromatic carbocycles. The monoisotopic (exact) mass is 264 g/mol. The van der Waals surface area contributed by atoms with Gasteiger partial charge in [0.1, 0.15) is 10.7 Å². The third kappa shape index (κ3) is 3.04. The van der Waals surface area contributed by atoms with Crippen LogP contribution in [0.2, 0.25) is 0 Å². The van der Waals surface area contributed by atoms with Gasteiger partial charge < -0.3 is 9.73 Å². The Labute approximate surface area is 108 Å². The quantitative estimate of drug-likeness (QED) is 0.508. The number of anilines is 1. The predicted octanol–water partition coefficient (Wildman–Crippen LogP) is 3.52. The molecule has 0 radical (unpaired) electrons. The highest BCUT2D eigenvalue weighted by molar-refractivity contribution is 7.98. The largest absolute Gasteiger partial charge is 0.433 e. The van der Waals surface area contributed by atoms with Crippen molar-refractivity contribution in [2.24, 2.45) is 0 Å². The van der Waals surface area contributed by atoms with Crippen molar-refractivity contribution in [3.63, 3.8) is 0 Å². The van der Waals surface area contributed by atoms with Gasteiger partial charge in [0.05, 0.1) is 12.6 Å². The third-order valence-corrected chi connectivity index (χ3v) is 3.09. The van der Waals surface area contributed by atoms with Gasteiger partial charge in [-0.05, 0) is 30.5 Å². The van der Waals surface area contributed by atoms with Gasteiger partial charge in [-0.1, -0.05) is 6.07 Å². The molecule has 2 aromatic rings. The van der Waals surface area contributed by atoms with Crippen LogP contribution in [0.5, 0.6) is 0 Å². The molecule has 6 heteroatoms. The van der Waals surface area contributed by atoms with Crippen molar-refractivity contribution in [2.75, 3.05) is 11.6 Å². The normalized spacial score (nSPS) is 10.3. The summed E-state index contributed by atoms with van der Waals surface area (Å²) >= 11 is 1.66. The fraction of sp³-hybridized carbons (Fsp3) is 0.167. The molecule has 0 aliphatic heterocycles. The van der Waals surface area contributed by atoms with Gasteiger partial charge in [0.25, 0.3) is 0 Å². The van der Waals surface area contributed by atoms with Gasteiger partial charge in [0, 0.05) is 10.6 Å². The van der Waals surface area contributed by atoms with E-state index >= 15 is 0 Å². The number of nitrogens with zero attached hydrogens (tertiary/aromatic N) is 1. The first-order valence-corrected chi connectivity index (χ1v) is 6.52. The molecule has 5 nitrogen and oxygen atoms in total. The van der Waals surface area contributed by atoms with Crippen molar-refractivity contribution in [3.05, 3.63) is 52.3 Å². The summed E-state index contributed by atoms with van der Waals surface area (Å²) in [6.07, 6.45) is 2.01. The first-order valence-electron chi connectivity index (χ1n) is 5.30. The highest BCUT2D eigenvalue weighted by Gasteiger charge is 2.11. The first-order chi connectivity index (χ1) is 8.69. The summed E-state index contributed by atoms with van der Waals surface area (Å²) in [6, 6.07) is 10.9. The molecular formula is C12H12N2O3S. The maximum atomic E-state index is 10.5. The summed E-state index contributed by atoms with van der Waals surface area (Å²) in [4.78, 5) is 11.1. The second-order valence-corrected chi connectivity index (χ2v) is 4.46. The number of benzene rings is 1. The lowest BCUT2D eigenvalue weighted by Crippen LogP contribution is -1.97. The van der Waals surface area contributed by atoms with Crippen LogP contribution in [-0.2, 0) is 6.54 Å². The topological polar surface area (TPSA) is 68.3 Å². The van der Waals surface area contributed by atoms with Crippen molar-refractivity contribution in [2.45, 2.75) is 11.4 Å². The van der Waals surface area contributed by atoms with Crippen molar-refractivity contribution >= 4 is 23.3 Å². The fourth-order valence-electron chi connectivity index (χ4n) is 1.48. The Morgan fingerprint density at radius 2 is 2.22 bits per heavy atom. The average molecular weight is 264 g/mol. The van der Waals surface area contributed by atoms with Crippen LogP contribution in [0.15, 0.2) is 45.7 Å². The van der Waals surface area contributed by atoms with Gasteiger partial charge in [0.2, 0.25) is 0 Å². The standard InChI is InChI=1S/C12H12N2O3S/c1-18-11-4-2-3-9(7-11)13-8-10-5-6-12(17-10)14(15)16/h2-7,13H,8H2,1H3. The Balaban J connectivity index is 1.99. The average Bonchev–Trinajstić information content (AvgIpc) is 2.85. The SMILES string of the molecule is CSc1cccc(NCc2ccc([N+](=O)[O-])o2)c1. The molecule has 0 unspecified atom stereocenters. The summed E-state index contributed by atoms with van der Waals surface area (Å²) in [6.45, 7) is 0.422. The van der Waals surface area contributed by atoms with Crippen LogP contribution in [0, 0.1) is 10.1 Å². The van der Waals surface area contributed by atoms with Crippen LogP contribution < -0.4 is 5.32 Å². The minimum Gasteiger partial charge on any atom is -0.404 e. The number of hydrogen-bond donors (Lipinski definition) is 1. The van der Waals surface area contributed by atoms with Gasteiger partial charge in [-0.25, -0.2) is 0 Å². The number of thioether (sulfide) groups is 1. The van der Waals surface area contributed by atoms with E-state index < -0.39 is 4.92 Å². The summed E-state index contributed by atoms with van der Waals surface area (Å²) in [5, 5.41) is 13.6. The highest BCUT2D eigenvalue weighted by Crippen LogP contribution is 2.20. The maximum absolute atomic E-state index is 10.5. The second kappa shape index (κ2) is 5.59. The molecule has 0 aliphatic rings. The molecule has 0 atom stereocenters. The smallest absolute Gasteiger partial charge is 0.404 e. The summed E-state index contributed by atoms with van der Waals surface area (Å²) in [5.41, 5.74) is 0.959. The van der Waals surface area contributed by atoms with Gasteiger partial charge in [0.15, 0.2) is 0 Å². The number of hydrogen-bond acceptors (Lipinski definition) is 5. The Bertz CT molecular complexity index is 554. The fourth-order valence-corrected chi connectivity index (χ4v) is 1.94. The summed E-state index contributed by atoms with van der Waals surface area (Å²) < 4.78 is 5.06. The molecule has 0 spiro atoms. The minimum absolute atomic E-state index is 0.232. The highest BCUT2D eigenvalue weighted by atomic mass is 32.2. The van der Waals surface area contributed by atoms with Gasteiger partial charge in [-0.2, -0.15) is 0 Å². The van der Waals surface area contributed by atoms with Crippen molar-refractivity contribution < 1.29 is 9.34 Å². The van der Waals surface area contributed by atoms with Gasteiger partial charge in [-0.15, -0.1) is 11.8 Å². The first kappa shape index (κ1) is 12.5. The van der Waals surface area contributed by atoms with Crippen LogP contribution >= 0.6 is 11.8 Å². The molecule has 0 saturated heterocycles. The second-order valence-electron chi connectivity index (χ2n) is 3.58. The van der Waals surface area contributed by atoms with Crippen LogP contribution in [0.3, 0.4) is 0 Å². The molecule has 1 N–H and O–H groups in total. The van der Waals surface area contributed by atoms with E-state index in [4.69, 9.17) is 4.42 Å². The lowest BCUT2D eigenvalue weighted by Gasteiger charge is -2.05. The Morgan fingerprint density at radius 3 is 2.89 bits per heavy atom. The molecule has 0 fully saturated rings. The lowest BCUT2D eigenvalue weighted by atomic mass is 10.3. The lowest BCUT2D eigenvalue weighted by molar-refractivity contribution is -0.402. The summed E-state index contributed by atoms with van der Waals surface area (Å²) in [7, 11) is 0.